The number of amides is 1. The number of carbonyl (C=O) groups excluding carboxylic acids is 1. The van der Waals surface area contributed by atoms with Gasteiger partial charge in [0.15, 0.2) is 5.82 Å². The van der Waals surface area contributed by atoms with E-state index in [-0.39, 0.29) is 5.91 Å². The number of hydrogen-bond acceptors (Lipinski definition) is 7. The van der Waals surface area contributed by atoms with Gasteiger partial charge in [-0.1, -0.05) is 31.2 Å². The zero-order valence-corrected chi connectivity index (χ0v) is 24.2. The average Bonchev–Trinajstić information content (AvgIpc) is 3.49. The molecule has 4 rings (SSSR count). The predicted molar refractivity (Wildman–Crippen MR) is 151 cm³/mol. The molecule has 0 saturated carbocycles. The van der Waals surface area contributed by atoms with Crippen LogP contribution in [0.25, 0.3) is 28.3 Å². The normalized spacial score (nSPS) is 11.6. The van der Waals surface area contributed by atoms with Crippen molar-refractivity contribution in [2.24, 2.45) is 0 Å². The summed E-state index contributed by atoms with van der Waals surface area (Å²) in [5, 5.41) is 12.7. The molecule has 0 radical (unpaired) electrons. The lowest BCUT2D eigenvalue weighted by atomic mass is 10.1. The molecule has 10 nitrogen and oxygen atoms in total. The minimum Gasteiger partial charge on any atom is -0.497 e. The number of rotatable bonds is 10. The van der Waals surface area contributed by atoms with E-state index < -0.39 is 8.07 Å². The number of carbonyl (C=O) groups is 1. The van der Waals surface area contributed by atoms with E-state index in [9.17, 15) is 4.79 Å². The molecule has 0 atom stereocenters. The Morgan fingerprint density at radius 1 is 1.13 bits per heavy atom. The van der Waals surface area contributed by atoms with Crippen molar-refractivity contribution in [2.45, 2.75) is 46.3 Å². The van der Waals surface area contributed by atoms with Crippen LogP contribution in [-0.4, -0.2) is 57.2 Å². The molecule has 1 amide bonds. The van der Waals surface area contributed by atoms with Crippen LogP contribution in [0.5, 0.6) is 5.75 Å². The van der Waals surface area contributed by atoms with E-state index in [2.05, 4.69) is 40.0 Å². The van der Waals surface area contributed by atoms with Crippen molar-refractivity contribution in [2.75, 3.05) is 19.0 Å². The van der Waals surface area contributed by atoms with Gasteiger partial charge in [0.25, 0.3) is 0 Å². The van der Waals surface area contributed by atoms with E-state index in [0.717, 1.165) is 17.3 Å². The number of anilines is 1. The Balaban J connectivity index is 1.73. The third kappa shape index (κ3) is 6.66. The first-order valence-corrected chi connectivity index (χ1v) is 16.3. The minimum absolute atomic E-state index is 0.207. The van der Waals surface area contributed by atoms with Crippen molar-refractivity contribution >= 4 is 31.4 Å². The molecule has 0 bridgehead atoms. The van der Waals surface area contributed by atoms with Gasteiger partial charge in [-0.3, -0.25) is 4.79 Å². The highest BCUT2D eigenvalue weighted by Crippen LogP contribution is 2.36. The molecular formula is C26H32ClN7O3Si. The van der Waals surface area contributed by atoms with Crippen LogP contribution in [0.1, 0.15) is 12.5 Å². The van der Waals surface area contributed by atoms with E-state index in [1.54, 1.807) is 41.1 Å². The van der Waals surface area contributed by atoms with Crippen LogP contribution in [0, 0.1) is 6.92 Å². The van der Waals surface area contributed by atoms with Gasteiger partial charge in [-0.25, -0.2) is 19.3 Å². The van der Waals surface area contributed by atoms with Crippen LogP contribution in [0.4, 0.5) is 5.82 Å². The van der Waals surface area contributed by atoms with Crippen LogP contribution >= 0.6 is 11.6 Å². The topological polar surface area (TPSA) is 109 Å². The number of aryl methyl sites for hydroxylation is 1. The largest absolute Gasteiger partial charge is 0.497 e. The molecule has 0 unspecified atom stereocenters. The molecule has 3 heterocycles. The van der Waals surface area contributed by atoms with Crippen molar-refractivity contribution in [3.05, 3.63) is 53.6 Å². The molecule has 3 aromatic heterocycles. The van der Waals surface area contributed by atoms with Crippen molar-refractivity contribution in [1.29, 1.82) is 0 Å². The number of nitrogens with one attached hydrogen (secondary N) is 1. The summed E-state index contributed by atoms with van der Waals surface area (Å²) in [6, 6.07) is 8.27. The lowest BCUT2D eigenvalue weighted by Crippen LogP contribution is -2.22. The van der Waals surface area contributed by atoms with Gasteiger partial charge in [-0.2, -0.15) is 5.10 Å². The predicted octanol–water partition coefficient (Wildman–Crippen LogP) is 5.43. The second-order valence-electron chi connectivity index (χ2n) is 10.2. The fourth-order valence-electron chi connectivity index (χ4n) is 3.70. The van der Waals surface area contributed by atoms with E-state index in [0.29, 0.717) is 52.6 Å². The number of ether oxygens (including phenoxy) is 2. The molecule has 0 aliphatic rings. The lowest BCUT2D eigenvalue weighted by molar-refractivity contribution is -0.114. The van der Waals surface area contributed by atoms with Crippen LogP contribution in [0.15, 0.2) is 43.0 Å². The molecule has 0 aliphatic heterocycles. The summed E-state index contributed by atoms with van der Waals surface area (Å²) >= 11 is 6.65. The maximum atomic E-state index is 11.6. The molecule has 38 heavy (non-hydrogen) atoms. The number of aromatic nitrogens is 6. The standard InChI is InChI=1S/C26H32ClN7O3Si/c1-17-13-28-24(30-18(2)35)12-23(17)34-14-21(25(31-34)20-8-7-19(36-3)11-22(20)27)26-29-15-33(32-26)16-37-9-10-38(4,5)6/h7-8,11-15H,9-10,16H2,1-6H3,(H,28,30,35). The van der Waals surface area contributed by atoms with Gasteiger partial charge >= 0.3 is 0 Å². The first kappa shape index (κ1) is 27.5. The summed E-state index contributed by atoms with van der Waals surface area (Å²) in [5.41, 5.74) is 3.62. The second-order valence-corrected chi connectivity index (χ2v) is 16.2. The number of methoxy groups -OCH3 is 1. The van der Waals surface area contributed by atoms with Crippen LogP contribution < -0.4 is 10.1 Å². The number of nitrogens with zero attached hydrogens (tertiary/aromatic N) is 6. The molecule has 0 saturated heterocycles. The SMILES string of the molecule is COc1ccc(-c2nn(-c3cc(NC(C)=O)ncc3C)cc2-c2ncn(COCC[Si](C)(C)C)n2)c(Cl)c1. The number of hydrogen-bond donors (Lipinski definition) is 1. The van der Waals surface area contributed by atoms with Gasteiger partial charge in [0.05, 0.1) is 23.4 Å². The first-order valence-electron chi connectivity index (χ1n) is 12.2. The second kappa shape index (κ2) is 11.5. The fraction of sp³-hybridized carbons (Fsp3) is 0.346. The molecule has 0 fully saturated rings. The van der Waals surface area contributed by atoms with Crippen LogP contribution in [0.3, 0.4) is 0 Å². The molecule has 1 N–H and O–H groups in total. The maximum absolute atomic E-state index is 11.6. The first-order chi connectivity index (χ1) is 18.0. The summed E-state index contributed by atoms with van der Waals surface area (Å²) in [4.78, 5) is 20.4. The van der Waals surface area contributed by atoms with Crippen molar-refractivity contribution in [3.8, 4) is 34.1 Å². The summed E-state index contributed by atoms with van der Waals surface area (Å²) < 4.78 is 14.5. The highest BCUT2D eigenvalue weighted by molar-refractivity contribution is 6.76. The number of benzene rings is 1. The molecular weight excluding hydrogens is 522 g/mol. The quantitative estimate of drug-likeness (QED) is 0.206. The average molecular weight is 554 g/mol. The van der Waals surface area contributed by atoms with E-state index in [4.69, 9.17) is 26.2 Å². The summed E-state index contributed by atoms with van der Waals surface area (Å²) in [7, 11) is 0.412. The highest BCUT2D eigenvalue weighted by Gasteiger charge is 2.21. The van der Waals surface area contributed by atoms with Crippen molar-refractivity contribution < 1.29 is 14.3 Å². The Morgan fingerprint density at radius 2 is 1.92 bits per heavy atom. The Labute approximate surface area is 228 Å². The third-order valence-electron chi connectivity index (χ3n) is 5.77. The zero-order chi connectivity index (χ0) is 27.4. The highest BCUT2D eigenvalue weighted by atomic mass is 35.5. The Morgan fingerprint density at radius 3 is 2.61 bits per heavy atom. The molecule has 4 aromatic rings. The van der Waals surface area contributed by atoms with Gasteiger partial charge in [-0.05, 0) is 36.7 Å². The fourth-order valence-corrected chi connectivity index (χ4v) is 4.72. The summed E-state index contributed by atoms with van der Waals surface area (Å²) in [5.74, 6) is 1.35. The van der Waals surface area contributed by atoms with E-state index in [1.807, 2.05) is 25.3 Å². The van der Waals surface area contributed by atoms with Gasteiger partial charge < -0.3 is 14.8 Å². The smallest absolute Gasteiger partial charge is 0.222 e. The Hall–Kier alpha value is -3.54. The monoisotopic (exact) mass is 553 g/mol. The van der Waals surface area contributed by atoms with Gasteiger partial charge in [-0.15, -0.1) is 5.10 Å². The van der Waals surface area contributed by atoms with Gasteiger partial charge in [0.2, 0.25) is 5.91 Å². The van der Waals surface area contributed by atoms with Crippen LogP contribution in [-0.2, 0) is 16.3 Å². The van der Waals surface area contributed by atoms with E-state index in [1.165, 1.54) is 6.92 Å². The summed E-state index contributed by atoms with van der Waals surface area (Å²) in [6.45, 7) is 11.3. The molecule has 0 spiro atoms. The third-order valence-corrected chi connectivity index (χ3v) is 7.79. The van der Waals surface area contributed by atoms with E-state index >= 15 is 0 Å². The molecule has 12 heteroatoms. The van der Waals surface area contributed by atoms with Gasteiger partial charge in [0.1, 0.15) is 30.3 Å². The number of halogens is 1. The lowest BCUT2D eigenvalue weighted by Gasteiger charge is -2.15. The Kier molecular flexibility index (Phi) is 8.29. The van der Waals surface area contributed by atoms with Gasteiger partial charge in [0, 0.05) is 45.6 Å². The molecule has 0 aliphatic carbocycles. The number of pyridine rings is 1. The molecule has 1 aromatic carbocycles. The molecule has 200 valence electrons. The summed E-state index contributed by atoms with van der Waals surface area (Å²) in [6.07, 6.45) is 5.18. The van der Waals surface area contributed by atoms with Crippen molar-refractivity contribution in [3.63, 3.8) is 0 Å². The maximum Gasteiger partial charge on any atom is 0.222 e. The minimum atomic E-state index is -1.18. The Bertz CT molecular complexity index is 1450. The van der Waals surface area contributed by atoms with Crippen LogP contribution in [0.2, 0.25) is 30.7 Å². The zero-order valence-electron chi connectivity index (χ0n) is 22.4. The van der Waals surface area contributed by atoms with Crippen molar-refractivity contribution in [1.82, 2.24) is 29.5 Å².